The van der Waals surface area contributed by atoms with Gasteiger partial charge in [-0.2, -0.15) is 0 Å². The van der Waals surface area contributed by atoms with Crippen molar-refractivity contribution in [2.75, 3.05) is 6.54 Å². The van der Waals surface area contributed by atoms with Gasteiger partial charge in [0.15, 0.2) is 0 Å². The van der Waals surface area contributed by atoms with Crippen LogP contribution in [-0.4, -0.2) is 6.54 Å². The van der Waals surface area contributed by atoms with Crippen LogP contribution in [-0.2, 0) is 6.42 Å². The van der Waals surface area contributed by atoms with E-state index in [9.17, 15) is 0 Å². The molecule has 76 valence electrons. The molecule has 0 fully saturated rings. The number of rotatable bonds is 4. The van der Waals surface area contributed by atoms with Crippen LogP contribution in [0.25, 0.3) is 0 Å². The predicted octanol–water partition coefficient (Wildman–Crippen LogP) is 3.44. The minimum atomic E-state index is 0.671. The lowest BCUT2D eigenvalue weighted by atomic mass is 10.1. The summed E-state index contributed by atoms with van der Waals surface area (Å²) in [5.41, 5.74) is 6.45. The number of allylic oxidation sites excluding steroid dienone is 1. The second-order valence-electron chi connectivity index (χ2n) is 2.99. The Kier molecular flexibility index (Phi) is 5.02. The molecule has 0 saturated heterocycles. The van der Waals surface area contributed by atoms with Gasteiger partial charge >= 0.3 is 0 Å². The topological polar surface area (TPSA) is 26.0 Å². The van der Waals surface area contributed by atoms with Gasteiger partial charge < -0.3 is 5.73 Å². The molecule has 1 rings (SSSR count). The van der Waals surface area contributed by atoms with Crippen molar-refractivity contribution in [3.63, 3.8) is 0 Å². The van der Waals surface area contributed by atoms with E-state index in [0.717, 1.165) is 23.4 Å². The van der Waals surface area contributed by atoms with Gasteiger partial charge in [-0.15, -0.1) is 0 Å². The molecule has 0 spiro atoms. The Labute approximate surface area is 94.5 Å². The molecule has 0 aliphatic heterocycles. The third kappa shape index (κ3) is 3.70. The number of benzene rings is 1. The molecule has 0 saturated carbocycles. The third-order valence-corrected chi connectivity index (χ3v) is 2.44. The van der Waals surface area contributed by atoms with Crippen LogP contribution < -0.4 is 5.73 Å². The molecule has 3 heteroatoms. The summed E-state index contributed by atoms with van der Waals surface area (Å²) in [5, 5.41) is 1.39. The zero-order chi connectivity index (χ0) is 10.4. The van der Waals surface area contributed by atoms with E-state index in [0.29, 0.717) is 11.6 Å². The summed E-state index contributed by atoms with van der Waals surface area (Å²) in [6, 6.07) is 5.55. The molecule has 1 aromatic rings. The average molecular weight is 230 g/mol. The van der Waals surface area contributed by atoms with Crippen LogP contribution in [0.15, 0.2) is 30.4 Å². The second-order valence-corrected chi connectivity index (χ2v) is 3.83. The third-order valence-electron chi connectivity index (χ3n) is 1.85. The molecule has 0 heterocycles. The molecule has 0 atom stereocenters. The SMILES string of the molecule is NCCC=CCc1ccc(Cl)cc1Cl. The van der Waals surface area contributed by atoms with E-state index in [2.05, 4.69) is 12.2 Å². The first-order valence-electron chi connectivity index (χ1n) is 4.53. The Bertz CT molecular complexity index is 321. The van der Waals surface area contributed by atoms with Crippen LogP contribution in [0.5, 0.6) is 0 Å². The monoisotopic (exact) mass is 229 g/mol. The second kappa shape index (κ2) is 6.07. The molecular weight excluding hydrogens is 217 g/mol. The fourth-order valence-electron chi connectivity index (χ4n) is 1.11. The molecule has 0 radical (unpaired) electrons. The van der Waals surface area contributed by atoms with Crippen LogP contribution >= 0.6 is 23.2 Å². The minimum Gasteiger partial charge on any atom is -0.330 e. The normalized spacial score (nSPS) is 11.1. The Morgan fingerprint density at radius 3 is 2.64 bits per heavy atom. The summed E-state index contributed by atoms with van der Waals surface area (Å²) in [6.45, 7) is 0.685. The Hall–Kier alpha value is -0.500. The largest absolute Gasteiger partial charge is 0.330 e. The van der Waals surface area contributed by atoms with E-state index in [-0.39, 0.29) is 0 Å². The van der Waals surface area contributed by atoms with Crippen molar-refractivity contribution in [1.82, 2.24) is 0 Å². The highest BCUT2D eigenvalue weighted by molar-refractivity contribution is 6.35. The maximum absolute atomic E-state index is 6.00. The van der Waals surface area contributed by atoms with Gasteiger partial charge in [-0.1, -0.05) is 41.4 Å². The summed E-state index contributed by atoms with van der Waals surface area (Å²) in [4.78, 5) is 0. The molecule has 2 N–H and O–H groups in total. The fourth-order valence-corrected chi connectivity index (χ4v) is 1.60. The van der Waals surface area contributed by atoms with Gasteiger partial charge in [-0.3, -0.25) is 0 Å². The summed E-state index contributed by atoms with van der Waals surface area (Å²) >= 11 is 11.8. The molecule has 0 aliphatic carbocycles. The molecule has 0 amide bonds. The van der Waals surface area contributed by atoms with Crippen molar-refractivity contribution in [3.8, 4) is 0 Å². The summed E-state index contributed by atoms with van der Waals surface area (Å²) < 4.78 is 0. The van der Waals surface area contributed by atoms with Gasteiger partial charge in [-0.05, 0) is 37.1 Å². The van der Waals surface area contributed by atoms with E-state index < -0.39 is 0 Å². The quantitative estimate of drug-likeness (QED) is 0.787. The highest BCUT2D eigenvalue weighted by Gasteiger charge is 1.98. The highest BCUT2D eigenvalue weighted by Crippen LogP contribution is 2.21. The van der Waals surface area contributed by atoms with Gasteiger partial charge in [0.25, 0.3) is 0 Å². The lowest BCUT2D eigenvalue weighted by molar-refractivity contribution is 1.00. The highest BCUT2D eigenvalue weighted by atomic mass is 35.5. The smallest absolute Gasteiger partial charge is 0.0455 e. The molecule has 0 aromatic heterocycles. The number of hydrogen-bond acceptors (Lipinski definition) is 1. The summed E-state index contributed by atoms with van der Waals surface area (Å²) in [5.74, 6) is 0. The average Bonchev–Trinajstić information content (AvgIpc) is 2.15. The first-order chi connectivity index (χ1) is 6.74. The van der Waals surface area contributed by atoms with Crippen molar-refractivity contribution < 1.29 is 0 Å². The van der Waals surface area contributed by atoms with Crippen LogP contribution in [0.4, 0.5) is 0 Å². The Balaban J connectivity index is 2.59. The van der Waals surface area contributed by atoms with Crippen molar-refractivity contribution in [3.05, 3.63) is 46.0 Å². The minimum absolute atomic E-state index is 0.671. The maximum atomic E-state index is 6.00. The van der Waals surface area contributed by atoms with Crippen molar-refractivity contribution >= 4 is 23.2 Å². The van der Waals surface area contributed by atoms with E-state index in [1.54, 1.807) is 6.07 Å². The van der Waals surface area contributed by atoms with Crippen molar-refractivity contribution in [2.24, 2.45) is 5.73 Å². The van der Waals surface area contributed by atoms with E-state index in [1.807, 2.05) is 12.1 Å². The van der Waals surface area contributed by atoms with E-state index in [4.69, 9.17) is 28.9 Å². The van der Waals surface area contributed by atoms with Gasteiger partial charge in [0, 0.05) is 10.0 Å². The number of halogens is 2. The van der Waals surface area contributed by atoms with E-state index >= 15 is 0 Å². The first kappa shape index (κ1) is 11.6. The van der Waals surface area contributed by atoms with Crippen molar-refractivity contribution in [2.45, 2.75) is 12.8 Å². The Morgan fingerprint density at radius 2 is 2.00 bits per heavy atom. The van der Waals surface area contributed by atoms with Gasteiger partial charge in [0.05, 0.1) is 0 Å². The lowest BCUT2D eigenvalue weighted by Gasteiger charge is -2.00. The molecular formula is C11H13Cl2N. The Morgan fingerprint density at radius 1 is 1.21 bits per heavy atom. The maximum Gasteiger partial charge on any atom is 0.0455 e. The molecule has 0 unspecified atom stereocenters. The van der Waals surface area contributed by atoms with Crippen LogP contribution in [0.3, 0.4) is 0 Å². The van der Waals surface area contributed by atoms with Crippen LogP contribution in [0, 0.1) is 0 Å². The van der Waals surface area contributed by atoms with Gasteiger partial charge in [0.2, 0.25) is 0 Å². The zero-order valence-electron chi connectivity index (χ0n) is 7.84. The lowest BCUT2D eigenvalue weighted by Crippen LogP contribution is -1.95. The molecule has 0 bridgehead atoms. The first-order valence-corrected chi connectivity index (χ1v) is 5.28. The zero-order valence-corrected chi connectivity index (χ0v) is 9.35. The predicted molar refractivity (Wildman–Crippen MR) is 63.0 cm³/mol. The summed E-state index contributed by atoms with van der Waals surface area (Å²) in [6.07, 6.45) is 5.87. The molecule has 1 nitrogen and oxygen atoms in total. The van der Waals surface area contributed by atoms with Gasteiger partial charge in [-0.25, -0.2) is 0 Å². The molecule has 0 aliphatic rings. The van der Waals surface area contributed by atoms with Crippen LogP contribution in [0.1, 0.15) is 12.0 Å². The fraction of sp³-hybridized carbons (Fsp3) is 0.273. The summed E-state index contributed by atoms with van der Waals surface area (Å²) in [7, 11) is 0. The number of hydrogen-bond donors (Lipinski definition) is 1. The van der Waals surface area contributed by atoms with E-state index in [1.165, 1.54) is 0 Å². The standard InChI is InChI=1S/C11H13Cl2N/c12-10-6-5-9(11(13)8-10)4-2-1-3-7-14/h1-2,5-6,8H,3-4,7,14H2. The van der Waals surface area contributed by atoms with Gasteiger partial charge in [0.1, 0.15) is 0 Å². The van der Waals surface area contributed by atoms with Crippen molar-refractivity contribution in [1.29, 1.82) is 0 Å². The molecule has 14 heavy (non-hydrogen) atoms. The molecule has 1 aromatic carbocycles. The van der Waals surface area contributed by atoms with Crippen LogP contribution in [0.2, 0.25) is 10.0 Å². The number of nitrogens with two attached hydrogens (primary N) is 1.